The molecule has 5 heteroatoms. The lowest BCUT2D eigenvalue weighted by atomic mass is 9.96. The number of rotatable bonds is 2. The average molecular weight is 319 g/mol. The van der Waals surface area contributed by atoms with Gasteiger partial charge in [-0.3, -0.25) is 0 Å². The molecule has 0 aromatic carbocycles. The van der Waals surface area contributed by atoms with Crippen molar-refractivity contribution in [3.8, 4) is 0 Å². The highest BCUT2D eigenvalue weighted by Crippen LogP contribution is 2.29. The first kappa shape index (κ1) is 17.6. The minimum Gasteiger partial charge on any atom is -0.444 e. The first-order chi connectivity index (χ1) is 10.6. The molecule has 0 saturated carbocycles. The van der Waals surface area contributed by atoms with Gasteiger partial charge in [0.1, 0.15) is 11.4 Å². The molecule has 1 amide bonds. The molecule has 2 heterocycles. The number of nitrogens with zero attached hydrogens (tertiary/aromatic N) is 3. The van der Waals surface area contributed by atoms with Gasteiger partial charge in [0.15, 0.2) is 0 Å². The van der Waals surface area contributed by atoms with Crippen LogP contribution in [0.15, 0.2) is 12.1 Å². The van der Waals surface area contributed by atoms with Crippen LogP contribution < -0.4 is 4.90 Å². The van der Waals surface area contributed by atoms with Crippen molar-refractivity contribution in [1.29, 1.82) is 0 Å². The molecule has 0 unspecified atom stereocenters. The Kier molecular flexibility index (Phi) is 4.87. The summed E-state index contributed by atoms with van der Waals surface area (Å²) in [6, 6.07) is 4.52. The van der Waals surface area contributed by atoms with Gasteiger partial charge >= 0.3 is 6.09 Å². The molecule has 0 N–H and O–H groups in total. The van der Waals surface area contributed by atoms with Gasteiger partial charge in [-0.15, -0.1) is 0 Å². The molecular formula is C18H29N3O2. The van der Waals surface area contributed by atoms with Crippen molar-refractivity contribution >= 4 is 11.9 Å². The fourth-order valence-electron chi connectivity index (χ4n) is 2.67. The number of carbonyl (C=O) groups excluding carboxylic acids is 1. The van der Waals surface area contributed by atoms with Gasteiger partial charge in [-0.25, -0.2) is 9.78 Å². The smallest absolute Gasteiger partial charge is 0.410 e. The summed E-state index contributed by atoms with van der Waals surface area (Å²) in [6.07, 6.45) is -0.252. The molecule has 0 spiro atoms. The molecular weight excluding hydrogens is 290 g/mol. The van der Waals surface area contributed by atoms with E-state index in [4.69, 9.17) is 9.72 Å². The van der Waals surface area contributed by atoms with Crippen LogP contribution in [0.5, 0.6) is 0 Å². The van der Waals surface area contributed by atoms with Crippen molar-refractivity contribution in [2.75, 3.05) is 18.5 Å². The van der Waals surface area contributed by atoms with Gasteiger partial charge in [0.05, 0.1) is 12.2 Å². The summed E-state index contributed by atoms with van der Waals surface area (Å²) in [5.41, 5.74) is 1.73. The van der Waals surface area contributed by atoms with E-state index in [9.17, 15) is 4.79 Å². The lowest BCUT2D eigenvalue weighted by Crippen LogP contribution is -2.41. The number of fused-ring (bicyclic) bond motifs is 1. The Bertz CT molecular complexity index is 578. The lowest BCUT2D eigenvalue weighted by Gasteiger charge is -2.34. The molecule has 2 rings (SSSR count). The van der Waals surface area contributed by atoms with E-state index in [0.29, 0.717) is 19.1 Å². The predicted molar refractivity (Wildman–Crippen MR) is 92.8 cm³/mol. The normalized spacial score (nSPS) is 17.9. The Morgan fingerprint density at radius 2 is 2.04 bits per heavy atom. The second-order valence-corrected chi connectivity index (χ2v) is 7.68. The number of amides is 1. The van der Waals surface area contributed by atoms with E-state index >= 15 is 0 Å². The number of carbonyl (C=O) groups is 1. The molecule has 0 bridgehead atoms. The minimum absolute atomic E-state index is 0.201. The van der Waals surface area contributed by atoms with Crippen molar-refractivity contribution in [3.05, 3.63) is 23.4 Å². The van der Waals surface area contributed by atoms with E-state index in [-0.39, 0.29) is 12.0 Å². The topological polar surface area (TPSA) is 45.7 Å². The Balaban J connectivity index is 2.20. The third-order valence-corrected chi connectivity index (χ3v) is 4.11. The largest absolute Gasteiger partial charge is 0.444 e. The summed E-state index contributed by atoms with van der Waals surface area (Å²) in [6.45, 7) is 13.3. The predicted octanol–water partition coefficient (Wildman–Crippen LogP) is 3.78. The highest BCUT2D eigenvalue weighted by Gasteiger charge is 2.30. The molecule has 1 aromatic rings. The van der Waals surface area contributed by atoms with Crippen LogP contribution in [0.1, 0.15) is 58.7 Å². The van der Waals surface area contributed by atoms with Gasteiger partial charge in [0, 0.05) is 25.6 Å². The molecule has 0 aliphatic carbocycles. The van der Waals surface area contributed by atoms with Crippen LogP contribution in [0.3, 0.4) is 0 Å². The zero-order chi connectivity index (χ0) is 17.4. The van der Waals surface area contributed by atoms with Gasteiger partial charge in [-0.1, -0.05) is 13.0 Å². The lowest BCUT2D eigenvalue weighted by molar-refractivity contribution is 0.0207. The maximum atomic E-state index is 12.3. The van der Waals surface area contributed by atoms with Gasteiger partial charge in [0.25, 0.3) is 0 Å². The van der Waals surface area contributed by atoms with Crippen LogP contribution in [-0.4, -0.2) is 41.2 Å². The summed E-state index contributed by atoms with van der Waals surface area (Å²) in [5.74, 6) is 1.18. The zero-order valence-electron chi connectivity index (χ0n) is 15.4. The Morgan fingerprint density at radius 1 is 1.39 bits per heavy atom. The van der Waals surface area contributed by atoms with Crippen molar-refractivity contribution in [2.45, 2.75) is 65.6 Å². The van der Waals surface area contributed by atoms with E-state index < -0.39 is 5.60 Å². The SMILES string of the molecule is CC(C)N(C)c1ccc2c(n1)[C@H](C)CN(C(=O)OC(C)(C)C)C2. The highest BCUT2D eigenvalue weighted by molar-refractivity contribution is 5.69. The maximum absolute atomic E-state index is 12.3. The highest BCUT2D eigenvalue weighted by atomic mass is 16.6. The van der Waals surface area contributed by atoms with E-state index in [0.717, 1.165) is 17.1 Å². The molecule has 1 atom stereocenters. The van der Waals surface area contributed by atoms with Gasteiger partial charge in [-0.05, 0) is 46.2 Å². The van der Waals surface area contributed by atoms with E-state index in [2.05, 4.69) is 38.8 Å². The number of ether oxygens (including phenoxy) is 1. The zero-order valence-corrected chi connectivity index (χ0v) is 15.4. The summed E-state index contributed by atoms with van der Waals surface area (Å²) in [4.78, 5) is 21.1. The van der Waals surface area contributed by atoms with Crippen LogP contribution in [-0.2, 0) is 11.3 Å². The maximum Gasteiger partial charge on any atom is 0.410 e. The molecule has 0 radical (unpaired) electrons. The van der Waals surface area contributed by atoms with Crippen molar-refractivity contribution in [3.63, 3.8) is 0 Å². The third kappa shape index (κ3) is 4.15. The van der Waals surface area contributed by atoms with Gasteiger partial charge < -0.3 is 14.5 Å². The molecule has 1 aromatic heterocycles. The summed E-state index contributed by atoms with van der Waals surface area (Å²) in [7, 11) is 2.06. The first-order valence-corrected chi connectivity index (χ1v) is 8.29. The van der Waals surface area contributed by atoms with Crippen molar-refractivity contribution in [2.24, 2.45) is 0 Å². The van der Waals surface area contributed by atoms with Gasteiger partial charge in [-0.2, -0.15) is 0 Å². The Labute approximate surface area is 139 Å². The molecule has 128 valence electrons. The van der Waals surface area contributed by atoms with E-state index in [1.807, 2.05) is 26.8 Å². The van der Waals surface area contributed by atoms with Crippen LogP contribution in [0.25, 0.3) is 0 Å². The van der Waals surface area contributed by atoms with Crippen LogP contribution in [0.4, 0.5) is 10.6 Å². The summed E-state index contributed by atoms with van der Waals surface area (Å²) < 4.78 is 5.49. The monoisotopic (exact) mass is 319 g/mol. The van der Waals surface area contributed by atoms with Crippen molar-refractivity contribution < 1.29 is 9.53 Å². The van der Waals surface area contributed by atoms with Crippen LogP contribution >= 0.6 is 0 Å². The number of anilines is 1. The molecule has 1 aliphatic rings. The molecule has 0 fully saturated rings. The van der Waals surface area contributed by atoms with Crippen molar-refractivity contribution in [1.82, 2.24) is 9.88 Å². The number of hydrogen-bond acceptors (Lipinski definition) is 4. The fraction of sp³-hybridized carbons (Fsp3) is 0.667. The van der Waals surface area contributed by atoms with E-state index in [1.54, 1.807) is 4.90 Å². The molecule has 5 nitrogen and oxygen atoms in total. The second-order valence-electron chi connectivity index (χ2n) is 7.68. The van der Waals surface area contributed by atoms with Gasteiger partial charge in [0.2, 0.25) is 0 Å². The third-order valence-electron chi connectivity index (χ3n) is 4.11. The average Bonchev–Trinajstić information content (AvgIpc) is 2.44. The van der Waals surface area contributed by atoms with Crippen LogP contribution in [0, 0.1) is 0 Å². The Hall–Kier alpha value is -1.78. The quantitative estimate of drug-likeness (QED) is 0.832. The minimum atomic E-state index is -0.470. The van der Waals surface area contributed by atoms with E-state index in [1.165, 1.54) is 0 Å². The fourth-order valence-corrected chi connectivity index (χ4v) is 2.67. The summed E-state index contributed by atoms with van der Waals surface area (Å²) in [5, 5.41) is 0. The van der Waals surface area contributed by atoms with Crippen LogP contribution in [0.2, 0.25) is 0 Å². The number of aromatic nitrogens is 1. The molecule has 1 aliphatic heterocycles. The molecule has 23 heavy (non-hydrogen) atoms. The standard InChI is InChI=1S/C18H29N3O2/c1-12(2)20(7)15-9-8-14-11-21(10-13(3)16(14)19-15)17(22)23-18(4,5)6/h8-9,12-13H,10-11H2,1-7H3/t13-/m1/s1. The number of pyridine rings is 1. The second kappa shape index (κ2) is 6.38. The first-order valence-electron chi connectivity index (χ1n) is 8.29. The summed E-state index contributed by atoms with van der Waals surface area (Å²) >= 11 is 0. The molecule has 0 saturated heterocycles. The Morgan fingerprint density at radius 3 is 2.61 bits per heavy atom. The number of hydrogen-bond donors (Lipinski definition) is 0.